The van der Waals surface area contributed by atoms with E-state index in [1.165, 1.54) is 0 Å². The predicted molar refractivity (Wildman–Crippen MR) is 79.5 cm³/mol. The number of rotatable bonds is 1. The fourth-order valence-electron chi connectivity index (χ4n) is 4.06. The van der Waals surface area contributed by atoms with E-state index in [0.717, 1.165) is 18.4 Å². The second-order valence-corrected chi connectivity index (χ2v) is 6.42. The van der Waals surface area contributed by atoms with Gasteiger partial charge in [-0.3, -0.25) is 0 Å². The minimum absolute atomic E-state index is 0.111. The van der Waals surface area contributed by atoms with Crippen LogP contribution in [-0.4, -0.2) is 35.3 Å². The van der Waals surface area contributed by atoms with Crippen LogP contribution in [0, 0.1) is 29.6 Å². The highest BCUT2D eigenvalue weighted by atomic mass is 16.7. The number of aliphatic hydroxyl groups excluding tert-OH is 2. The first kappa shape index (κ1) is 14.2. The molecule has 2 saturated carbocycles. The number of fused-ring (bicyclic) bond motifs is 2. The molecule has 1 aromatic rings. The molecule has 5 atom stereocenters. The average molecular weight is 300 g/mol. The van der Waals surface area contributed by atoms with Gasteiger partial charge in [0.1, 0.15) is 6.10 Å². The highest BCUT2D eigenvalue weighted by molar-refractivity contribution is 5.26. The summed E-state index contributed by atoms with van der Waals surface area (Å²) in [5.41, 5.74) is 0.782. The van der Waals surface area contributed by atoms with E-state index in [4.69, 9.17) is 9.47 Å². The van der Waals surface area contributed by atoms with E-state index in [1.54, 1.807) is 0 Å². The van der Waals surface area contributed by atoms with Gasteiger partial charge in [-0.1, -0.05) is 42.2 Å². The van der Waals surface area contributed by atoms with Gasteiger partial charge < -0.3 is 19.7 Å². The molecule has 3 fully saturated rings. The minimum Gasteiger partial charge on any atom is -0.392 e. The SMILES string of the molecule is OC(C#CC1CC2C(CC23OCCO3)C1O)c1ccccc1. The molecule has 3 aliphatic rings. The zero-order valence-electron chi connectivity index (χ0n) is 12.3. The van der Waals surface area contributed by atoms with E-state index < -0.39 is 18.0 Å². The van der Waals surface area contributed by atoms with Crippen molar-refractivity contribution in [3.05, 3.63) is 35.9 Å². The summed E-state index contributed by atoms with van der Waals surface area (Å²) in [5.74, 6) is 5.84. The van der Waals surface area contributed by atoms with E-state index in [2.05, 4.69) is 11.8 Å². The molecule has 116 valence electrons. The van der Waals surface area contributed by atoms with Crippen molar-refractivity contribution < 1.29 is 19.7 Å². The molecule has 0 aromatic heterocycles. The van der Waals surface area contributed by atoms with Crippen molar-refractivity contribution in [1.29, 1.82) is 0 Å². The van der Waals surface area contributed by atoms with Gasteiger partial charge >= 0.3 is 0 Å². The Morgan fingerprint density at radius 1 is 1.18 bits per heavy atom. The Morgan fingerprint density at radius 3 is 2.64 bits per heavy atom. The lowest BCUT2D eigenvalue weighted by atomic mass is 9.69. The van der Waals surface area contributed by atoms with E-state index >= 15 is 0 Å². The van der Waals surface area contributed by atoms with Gasteiger partial charge in [-0.15, -0.1) is 0 Å². The van der Waals surface area contributed by atoms with Gasteiger partial charge in [0.05, 0.1) is 19.3 Å². The highest BCUT2D eigenvalue weighted by Crippen LogP contribution is 2.58. The molecule has 2 aliphatic carbocycles. The predicted octanol–water partition coefficient (Wildman–Crippen LogP) is 1.48. The Bertz CT molecular complexity index is 597. The quantitative estimate of drug-likeness (QED) is 0.771. The molecule has 4 nitrogen and oxygen atoms in total. The van der Waals surface area contributed by atoms with E-state index in [9.17, 15) is 10.2 Å². The number of benzene rings is 1. The maximum Gasteiger partial charge on any atom is 0.172 e. The largest absolute Gasteiger partial charge is 0.392 e. The van der Waals surface area contributed by atoms with Crippen LogP contribution in [0.1, 0.15) is 24.5 Å². The van der Waals surface area contributed by atoms with Crippen LogP contribution in [0.4, 0.5) is 0 Å². The summed E-state index contributed by atoms with van der Waals surface area (Å²) in [6.07, 6.45) is 0.289. The topological polar surface area (TPSA) is 58.9 Å². The molecule has 1 aliphatic heterocycles. The third-order valence-electron chi connectivity index (χ3n) is 5.26. The lowest BCUT2D eigenvalue weighted by Crippen LogP contribution is -2.54. The van der Waals surface area contributed by atoms with Crippen molar-refractivity contribution in [1.82, 2.24) is 0 Å². The van der Waals surface area contributed by atoms with Crippen molar-refractivity contribution >= 4 is 0 Å². The molecule has 2 N–H and O–H groups in total. The summed E-state index contributed by atoms with van der Waals surface area (Å²) >= 11 is 0. The molecule has 0 amide bonds. The third-order valence-corrected chi connectivity index (χ3v) is 5.26. The Labute approximate surface area is 130 Å². The Hall–Kier alpha value is -1.38. The van der Waals surface area contributed by atoms with Crippen LogP contribution < -0.4 is 0 Å². The number of hydrogen-bond donors (Lipinski definition) is 2. The van der Waals surface area contributed by atoms with E-state index in [1.807, 2.05) is 30.3 Å². The van der Waals surface area contributed by atoms with Crippen LogP contribution in [-0.2, 0) is 9.47 Å². The number of aliphatic hydroxyl groups is 2. The summed E-state index contributed by atoms with van der Waals surface area (Å²) in [7, 11) is 0. The molecule has 1 aromatic carbocycles. The Balaban J connectivity index is 1.45. The third kappa shape index (κ3) is 2.17. The molecular weight excluding hydrogens is 280 g/mol. The zero-order valence-corrected chi connectivity index (χ0v) is 12.3. The first-order valence-electron chi connectivity index (χ1n) is 7.90. The standard InChI is InChI=1S/C18H20O4/c19-16(12-4-2-1-3-5-12)7-6-13-10-15-14(17(13)20)11-18(15)21-8-9-22-18/h1-5,13-17,19-20H,8-11H2. The molecule has 1 saturated heterocycles. The average Bonchev–Trinajstić information content (AvgIpc) is 3.12. The maximum absolute atomic E-state index is 10.4. The van der Waals surface area contributed by atoms with Gasteiger partial charge in [0.15, 0.2) is 5.79 Å². The zero-order chi connectivity index (χ0) is 15.2. The summed E-state index contributed by atoms with van der Waals surface area (Å²) in [5, 5.41) is 20.5. The smallest absolute Gasteiger partial charge is 0.172 e. The van der Waals surface area contributed by atoms with Crippen LogP contribution in [0.15, 0.2) is 30.3 Å². The summed E-state index contributed by atoms with van der Waals surface area (Å²) < 4.78 is 11.5. The van der Waals surface area contributed by atoms with Crippen molar-refractivity contribution in [3.8, 4) is 11.8 Å². The molecule has 0 radical (unpaired) electrons. The molecule has 4 heteroatoms. The first-order chi connectivity index (χ1) is 10.7. The second kappa shape index (κ2) is 5.36. The van der Waals surface area contributed by atoms with Crippen LogP contribution in [0.5, 0.6) is 0 Å². The summed E-state index contributed by atoms with van der Waals surface area (Å²) in [6.45, 7) is 1.28. The lowest BCUT2D eigenvalue weighted by Gasteiger charge is -2.48. The van der Waals surface area contributed by atoms with E-state index in [0.29, 0.717) is 13.2 Å². The normalized spacial score (nSPS) is 36.3. The van der Waals surface area contributed by atoms with Crippen LogP contribution >= 0.6 is 0 Å². The van der Waals surface area contributed by atoms with Crippen molar-refractivity contribution in [2.75, 3.05) is 13.2 Å². The molecule has 22 heavy (non-hydrogen) atoms. The van der Waals surface area contributed by atoms with Crippen molar-refractivity contribution in [3.63, 3.8) is 0 Å². The number of hydrogen-bond acceptors (Lipinski definition) is 4. The van der Waals surface area contributed by atoms with Crippen LogP contribution in [0.3, 0.4) is 0 Å². The summed E-state index contributed by atoms with van der Waals surface area (Å²) in [6, 6.07) is 9.36. The van der Waals surface area contributed by atoms with Crippen LogP contribution in [0.2, 0.25) is 0 Å². The van der Waals surface area contributed by atoms with Crippen molar-refractivity contribution in [2.45, 2.75) is 30.8 Å². The van der Waals surface area contributed by atoms with E-state index in [-0.39, 0.29) is 17.8 Å². The summed E-state index contributed by atoms with van der Waals surface area (Å²) in [4.78, 5) is 0. The van der Waals surface area contributed by atoms with Gasteiger partial charge in [0.25, 0.3) is 0 Å². The van der Waals surface area contributed by atoms with Crippen molar-refractivity contribution in [2.24, 2.45) is 17.8 Å². The maximum atomic E-state index is 10.4. The van der Waals surface area contributed by atoms with Gasteiger partial charge in [-0.25, -0.2) is 0 Å². The number of ether oxygens (including phenoxy) is 2. The Kier molecular flexibility index (Phi) is 3.47. The molecule has 5 unspecified atom stereocenters. The molecular formula is C18H20O4. The highest BCUT2D eigenvalue weighted by Gasteiger charge is 2.64. The lowest BCUT2D eigenvalue weighted by molar-refractivity contribution is -0.275. The molecule has 1 spiro atoms. The van der Waals surface area contributed by atoms with Gasteiger partial charge in [0.2, 0.25) is 0 Å². The fraction of sp³-hybridized carbons (Fsp3) is 0.556. The van der Waals surface area contributed by atoms with Crippen LogP contribution in [0.25, 0.3) is 0 Å². The van der Waals surface area contributed by atoms with Gasteiger partial charge in [-0.2, -0.15) is 0 Å². The minimum atomic E-state index is -0.806. The molecule has 4 rings (SSSR count). The first-order valence-corrected chi connectivity index (χ1v) is 7.90. The molecule has 1 heterocycles. The fourth-order valence-corrected chi connectivity index (χ4v) is 4.06. The van der Waals surface area contributed by atoms with Gasteiger partial charge in [0, 0.05) is 18.3 Å². The second-order valence-electron chi connectivity index (χ2n) is 6.42. The van der Waals surface area contributed by atoms with Gasteiger partial charge in [-0.05, 0) is 17.9 Å². The monoisotopic (exact) mass is 300 g/mol. The Morgan fingerprint density at radius 2 is 1.91 bits per heavy atom. The molecule has 0 bridgehead atoms.